The fourth-order valence-corrected chi connectivity index (χ4v) is 2.95. The summed E-state index contributed by atoms with van der Waals surface area (Å²) in [5.74, 6) is 0.402. The van der Waals surface area contributed by atoms with Crippen LogP contribution >= 0.6 is 0 Å². The summed E-state index contributed by atoms with van der Waals surface area (Å²) < 4.78 is 5.26. The lowest BCUT2D eigenvalue weighted by atomic mass is 9.67. The Kier molecular flexibility index (Phi) is 5.37. The molecule has 0 saturated heterocycles. The van der Waals surface area contributed by atoms with E-state index in [1.165, 1.54) is 18.7 Å². The van der Waals surface area contributed by atoms with E-state index in [4.69, 9.17) is 20.4 Å². The summed E-state index contributed by atoms with van der Waals surface area (Å²) in [4.78, 5) is 16.6. The molecule has 4 radical (unpaired) electrons. The Balaban J connectivity index is 1.60. The second kappa shape index (κ2) is 7.54. The molecule has 1 aromatic heterocycles. The van der Waals surface area contributed by atoms with Crippen molar-refractivity contribution in [3.05, 3.63) is 59.8 Å². The fraction of sp³-hybridized carbons (Fsp3) is 0.368. The maximum Gasteiger partial charge on any atom is 0.224 e. The minimum Gasteiger partial charge on any atom is -0.492 e. The normalized spacial score (nSPS) is 20.2. The lowest BCUT2D eigenvalue weighted by molar-refractivity contribution is -0.123. The molecule has 0 unspecified atom stereocenters. The number of hydrogen-bond acceptors (Lipinski definition) is 4. The molecule has 0 spiro atoms. The van der Waals surface area contributed by atoms with Crippen molar-refractivity contribution < 1.29 is 14.6 Å². The molecule has 3 atom stereocenters. The van der Waals surface area contributed by atoms with E-state index in [0.717, 1.165) is 6.42 Å². The van der Waals surface area contributed by atoms with E-state index < -0.39 is 11.4 Å². The number of pyridine rings is 1. The molecule has 1 aliphatic rings. The molecular formula is C19H20B2N2O3. The van der Waals surface area contributed by atoms with Crippen LogP contribution in [0.4, 0.5) is 0 Å². The van der Waals surface area contributed by atoms with Crippen LogP contribution in [-0.4, -0.2) is 43.7 Å². The van der Waals surface area contributed by atoms with Crippen LogP contribution in [0.3, 0.4) is 0 Å². The zero-order valence-corrected chi connectivity index (χ0v) is 14.6. The van der Waals surface area contributed by atoms with Crippen molar-refractivity contribution in [2.75, 3.05) is 6.61 Å². The number of rotatable bonds is 7. The number of aliphatic hydroxyl groups excluding tert-OH is 1. The van der Waals surface area contributed by atoms with Gasteiger partial charge in [-0.25, -0.2) is 4.98 Å². The third kappa shape index (κ3) is 4.67. The summed E-state index contributed by atoms with van der Waals surface area (Å²) in [5, 5.41) is 11.2. The van der Waals surface area contributed by atoms with E-state index in [1.54, 1.807) is 12.1 Å². The van der Waals surface area contributed by atoms with E-state index in [2.05, 4.69) is 10.3 Å². The van der Waals surface area contributed by atoms with Gasteiger partial charge in [0.2, 0.25) is 11.8 Å². The number of aromatic nitrogens is 1. The van der Waals surface area contributed by atoms with Crippen molar-refractivity contribution in [2.24, 2.45) is 5.92 Å². The van der Waals surface area contributed by atoms with Crippen LogP contribution in [0.1, 0.15) is 36.4 Å². The van der Waals surface area contributed by atoms with Gasteiger partial charge in [-0.15, -0.1) is 0 Å². The highest BCUT2D eigenvalue weighted by atomic mass is 16.5. The molecule has 3 rings (SSSR count). The Morgan fingerprint density at radius 3 is 2.65 bits per heavy atom. The topological polar surface area (TPSA) is 71.5 Å². The Bertz CT molecular complexity index is 748. The number of carbonyl (C=O) groups excluding carboxylic acids is 1. The van der Waals surface area contributed by atoms with Crippen LogP contribution in [-0.2, 0) is 4.79 Å². The first-order valence-corrected chi connectivity index (χ1v) is 8.56. The average molecular weight is 346 g/mol. The van der Waals surface area contributed by atoms with Crippen molar-refractivity contribution in [3.63, 3.8) is 0 Å². The number of aliphatic hydroxyl groups is 1. The van der Waals surface area contributed by atoms with Gasteiger partial charge in [0.1, 0.15) is 15.7 Å². The van der Waals surface area contributed by atoms with E-state index in [0.29, 0.717) is 5.56 Å². The van der Waals surface area contributed by atoms with Gasteiger partial charge in [0.25, 0.3) is 0 Å². The lowest BCUT2D eigenvalue weighted by Crippen LogP contribution is -2.33. The fourth-order valence-electron chi connectivity index (χ4n) is 2.95. The van der Waals surface area contributed by atoms with Gasteiger partial charge in [-0.05, 0) is 36.5 Å². The number of ether oxygens (including phenoxy) is 1. The number of carbonyl (C=O) groups is 1. The van der Waals surface area contributed by atoms with Crippen molar-refractivity contribution >= 4 is 21.6 Å². The Morgan fingerprint density at radius 1 is 1.35 bits per heavy atom. The maximum atomic E-state index is 12.5. The minimum absolute atomic E-state index is 0.0581. The first kappa shape index (κ1) is 18.5. The molecule has 1 fully saturated rings. The SMILES string of the molecule is [B]C([B])(C)Oc1ccc([C@H](CO)NC(=O)[C@H]2C[C@@H]2c2ccccc2)cn1. The molecule has 5 nitrogen and oxygen atoms in total. The lowest BCUT2D eigenvalue weighted by Gasteiger charge is -2.22. The molecule has 1 aliphatic carbocycles. The predicted octanol–water partition coefficient (Wildman–Crippen LogP) is 1.42. The van der Waals surface area contributed by atoms with Crippen LogP contribution in [0.5, 0.6) is 5.88 Å². The number of amides is 1. The van der Waals surface area contributed by atoms with Crippen LogP contribution in [0.25, 0.3) is 0 Å². The van der Waals surface area contributed by atoms with E-state index >= 15 is 0 Å². The first-order chi connectivity index (χ1) is 12.4. The summed E-state index contributed by atoms with van der Waals surface area (Å²) in [6.45, 7) is 1.29. The number of nitrogens with one attached hydrogen (secondary N) is 1. The van der Waals surface area contributed by atoms with Crippen molar-refractivity contribution in [2.45, 2.75) is 30.7 Å². The molecule has 0 aliphatic heterocycles. The predicted molar refractivity (Wildman–Crippen MR) is 100 cm³/mol. The molecule has 1 saturated carbocycles. The van der Waals surface area contributed by atoms with Crippen LogP contribution in [0.15, 0.2) is 48.7 Å². The van der Waals surface area contributed by atoms with Gasteiger partial charge in [-0.1, -0.05) is 30.3 Å². The Labute approximate surface area is 156 Å². The van der Waals surface area contributed by atoms with Crippen LogP contribution in [0.2, 0.25) is 0 Å². The molecule has 7 heteroatoms. The Morgan fingerprint density at radius 2 is 2.08 bits per heavy atom. The molecule has 1 amide bonds. The summed E-state index contributed by atoms with van der Waals surface area (Å²) in [7, 11) is 11.2. The van der Waals surface area contributed by atoms with Gasteiger partial charge in [0.15, 0.2) is 0 Å². The van der Waals surface area contributed by atoms with Gasteiger partial charge in [-0.2, -0.15) is 0 Å². The largest absolute Gasteiger partial charge is 0.492 e. The molecular weight excluding hydrogens is 326 g/mol. The second-order valence-electron chi connectivity index (χ2n) is 6.82. The number of hydrogen-bond donors (Lipinski definition) is 2. The summed E-state index contributed by atoms with van der Waals surface area (Å²) in [6, 6.07) is 12.8. The highest BCUT2D eigenvalue weighted by Crippen LogP contribution is 2.47. The van der Waals surface area contributed by atoms with Gasteiger partial charge < -0.3 is 15.2 Å². The van der Waals surface area contributed by atoms with Crippen molar-refractivity contribution in [1.82, 2.24) is 10.3 Å². The molecule has 26 heavy (non-hydrogen) atoms. The standard InChI is InChI=1S/C19H20B2N2O3/c1-19(20,21)26-17-8-7-13(10-22-17)16(11-24)23-18(25)15-9-14(15)12-5-3-2-4-6-12/h2-8,10,14-16,24H,9,11H2,1H3,(H,23,25)/t14-,15+,16+/m1/s1. The third-order valence-electron chi connectivity index (χ3n) is 4.34. The zero-order chi connectivity index (χ0) is 18.7. The maximum absolute atomic E-state index is 12.5. The molecule has 2 N–H and O–H groups in total. The minimum atomic E-state index is -1.32. The molecule has 130 valence electrons. The first-order valence-electron chi connectivity index (χ1n) is 8.56. The van der Waals surface area contributed by atoms with Crippen LogP contribution in [0, 0.1) is 5.92 Å². The van der Waals surface area contributed by atoms with Crippen molar-refractivity contribution in [3.8, 4) is 5.88 Å². The van der Waals surface area contributed by atoms with Crippen molar-refractivity contribution in [1.29, 1.82) is 0 Å². The van der Waals surface area contributed by atoms with Gasteiger partial charge in [0, 0.05) is 23.6 Å². The van der Waals surface area contributed by atoms with Gasteiger partial charge >= 0.3 is 0 Å². The number of nitrogens with zero attached hydrogens (tertiary/aromatic N) is 1. The molecule has 0 bridgehead atoms. The van der Waals surface area contributed by atoms with E-state index in [9.17, 15) is 9.90 Å². The monoisotopic (exact) mass is 346 g/mol. The quantitative estimate of drug-likeness (QED) is 0.744. The van der Waals surface area contributed by atoms with Gasteiger partial charge in [-0.3, -0.25) is 4.79 Å². The van der Waals surface area contributed by atoms with E-state index in [1.807, 2.05) is 30.3 Å². The zero-order valence-electron chi connectivity index (χ0n) is 14.6. The van der Waals surface area contributed by atoms with Gasteiger partial charge in [0.05, 0.1) is 12.6 Å². The smallest absolute Gasteiger partial charge is 0.224 e. The summed E-state index contributed by atoms with van der Waals surface area (Å²) >= 11 is 0. The average Bonchev–Trinajstić information content (AvgIpc) is 3.41. The second-order valence-corrected chi connectivity index (χ2v) is 6.82. The highest BCUT2D eigenvalue weighted by molar-refractivity contribution is 6.38. The summed E-state index contributed by atoms with van der Waals surface area (Å²) in [5.41, 5.74) is 1.85. The molecule has 1 aromatic carbocycles. The molecule has 1 heterocycles. The summed E-state index contributed by atoms with van der Waals surface area (Å²) in [6.07, 6.45) is 2.36. The van der Waals surface area contributed by atoms with E-state index in [-0.39, 0.29) is 30.2 Å². The Hall–Kier alpha value is -2.27. The van der Waals surface area contributed by atoms with Crippen LogP contribution < -0.4 is 10.1 Å². The third-order valence-corrected chi connectivity index (χ3v) is 4.34. The highest BCUT2D eigenvalue weighted by Gasteiger charge is 2.44. The molecule has 2 aromatic rings. The number of benzene rings is 1.